The monoisotopic (exact) mass is 626 g/mol. The Balaban J connectivity index is 1.37. The molecular formula is C44H26N4O. The predicted molar refractivity (Wildman–Crippen MR) is 198 cm³/mol. The van der Waals surface area contributed by atoms with Crippen LogP contribution in [0.4, 0.5) is 0 Å². The Kier molecular flexibility index (Phi) is 4.71. The van der Waals surface area contributed by atoms with Gasteiger partial charge in [-0.05, 0) is 70.3 Å². The number of aromatic nitrogens is 4. The van der Waals surface area contributed by atoms with Gasteiger partial charge in [-0.1, -0.05) is 109 Å². The summed E-state index contributed by atoms with van der Waals surface area (Å²) < 4.78 is 13.8. The Morgan fingerprint density at radius 2 is 1.24 bits per heavy atom. The van der Waals surface area contributed by atoms with E-state index in [1.807, 2.05) is 6.07 Å². The van der Waals surface area contributed by atoms with Gasteiger partial charge in [-0.3, -0.25) is 8.97 Å². The van der Waals surface area contributed by atoms with Crippen LogP contribution in [-0.2, 0) is 0 Å². The standard InChI is InChI=1S/C44H26N4O/c1-2-13-26(14-3-1)27-15-4-5-16-28(27)39-29-17-6-8-20-33(29)47-42-31(39)25-36-40(43(42)48-34-21-9-7-19-32(34)45-44(47)48)30-18-12-24-38-41(30)46(36)35-22-10-11-23-37(35)49-38/h1-25,39H. The first-order valence-corrected chi connectivity index (χ1v) is 16.8. The van der Waals surface area contributed by atoms with Crippen molar-refractivity contribution in [2.24, 2.45) is 0 Å². The van der Waals surface area contributed by atoms with Crippen LogP contribution in [0.25, 0.3) is 83.1 Å². The summed E-state index contributed by atoms with van der Waals surface area (Å²) >= 11 is 0. The van der Waals surface area contributed by atoms with E-state index in [1.54, 1.807) is 0 Å². The van der Waals surface area contributed by atoms with E-state index in [4.69, 9.17) is 9.40 Å². The van der Waals surface area contributed by atoms with Gasteiger partial charge in [-0.15, -0.1) is 0 Å². The first-order chi connectivity index (χ1) is 24.3. The highest BCUT2D eigenvalue weighted by molar-refractivity contribution is 6.25. The summed E-state index contributed by atoms with van der Waals surface area (Å²) in [4.78, 5) is 5.33. The van der Waals surface area contributed by atoms with E-state index in [9.17, 15) is 0 Å². The summed E-state index contributed by atoms with van der Waals surface area (Å²) in [5.41, 5.74) is 17.0. The Labute approximate surface area is 279 Å². The maximum absolute atomic E-state index is 6.57. The minimum Gasteiger partial charge on any atom is -0.453 e. The number of hydrogen-bond donors (Lipinski definition) is 0. The van der Waals surface area contributed by atoms with E-state index in [2.05, 4.69) is 159 Å². The lowest BCUT2D eigenvalue weighted by Crippen LogP contribution is -2.16. The van der Waals surface area contributed by atoms with Crippen LogP contribution in [0.15, 0.2) is 156 Å². The fraction of sp³-hybridized carbons (Fsp3) is 0.0227. The van der Waals surface area contributed by atoms with Crippen molar-refractivity contribution < 1.29 is 4.42 Å². The van der Waals surface area contributed by atoms with Gasteiger partial charge < -0.3 is 8.82 Å². The SMILES string of the molecule is c1ccc(-c2ccccc2C2c3ccccc3-n3c4c2cc2c(c5cccc6oc7ccccc7n2c65)c4n2c4ccccc4nc32)cc1. The largest absolute Gasteiger partial charge is 0.453 e. The summed E-state index contributed by atoms with van der Waals surface area (Å²) in [5.74, 6) is 0.911. The van der Waals surface area contributed by atoms with Gasteiger partial charge in [0.05, 0.1) is 44.3 Å². The van der Waals surface area contributed by atoms with Crippen molar-refractivity contribution in [1.29, 1.82) is 0 Å². The molecule has 11 aromatic rings. The topological polar surface area (TPSA) is 39.8 Å². The third-order valence-electron chi connectivity index (χ3n) is 10.7. The molecule has 12 rings (SSSR count). The van der Waals surface area contributed by atoms with E-state index in [-0.39, 0.29) is 5.92 Å². The number of rotatable bonds is 2. The average Bonchev–Trinajstić information content (AvgIpc) is 3.81. The van der Waals surface area contributed by atoms with Gasteiger partial charge in [-0.2, -0.15) is 0 Å². The molecule has 0 fully saturated rings. The van der Waals surface area contributed by atoms with Crippen molar-refractivity contribution in [3.8, 4) is 16.8 Å². The molecule has 1 aliphatic heterocycles. The molecule has 0 N–H and O–H groups in total. The Bertz CT molecular complexity index is 3170. The number of fused-ring (bicyclic) bond motifs is 13. The molecule has 0 spiro atoms. The second kappa shape index (κ2) is 9.06. The maximum Gasteiger partial charge on any atom is 0.220 e. The highest BCUT2D eigenvalue weighted by Crippen LogP contribution is 2.51. The third kappa shape index (κ3) is 3.13. The van der Waals surface area contributed by atoms with Gasteiger partial charge in [0, 0.05) is 16.7 Å². The molecule has 49 heavy (non-hydrogen) atoms. The van der Waals surface area contributed by atoms with Crippen molar-refractivity contribution in [2.45, 2.75) is 5.92 Å². The van der Waals surface area contributed by atoms with Gasteiger partial charge in [0.2, 0.25) is 5.78 Å². The van der Waals surface area contributed by atoms with E-state index in [0.717, 1.165) is 39.0 Å². The van der Waals surface area contributed by atoms with Gasteiger partial charge in [0.25, 0.3) is 0 Å². The highest BCUT2D eigenvalue weighted by Gasteiger charge is 2.35. The zero-order valence-corrected chi connectivity index (χ0v) is 26.2. The fourth-order valence-corrected chi connectivity index (χ4v) is 8.81. The van der Waals surface area contributed by atoms with E-state index in [0.29, 0.717) is 0 Å². The molecule has 4 aromatic heterocycles. The zero-order valence-electron chi connectivity index (χ0n) is 26.2. The molecule has 1 unspecified atom stereocenters. The molecular weight excluding hydrogens is 601 g/mol. The first kappa shape index (κ1) is 25.5. The summed E-state index contributed by atoms with van der Waals surface area (Å²) in [6, 6.07) is 54.4. The van der Waals surface area contributed by atoms with Crippen molar-refractivity contribution in [3.05, 3.63) is 168 Å². The third-order valence-corrected chi connectivity index (χ3v) is 10.7. The van der Waals surface area contributed by atoms with Crippen LogP contribution in [0.5, 0.6) is 0 Å². The molecule has 7 aromatic carbocycles. The van der Waals surface area contributed by atoms with Crippen LogP contribution in [0, 0.1) is 0 Å². The lowest BCUT2D eigenvalue weighted by Gasteiger charge is -2.30. The number of nitrogens with zero attached hydrogens (tertiary/aromatic N) is 4. The van der Waals surface area contributed by atoms with Crippen LogP contribution in [0.3, 0.4) is 0 Å². The maximum atomic E-state index is 6.57. The molecule has 0 radical (unpaired) electrons. The molecule has 0 saturated carbocycles. The molecule has 0 aliphatic carbocycles. The van der Waals surface area contributed by atoms with Crippen LogP contribution >= 0.6 is 0 Å². The predicted octanol–water partition coefficient (Wildman–Crippen LogP) is 10.9. The molecule has 5 nitrogen and oxygen atoms in total. The quantitative estimate of drug-likeness (QED) is 0.179. The van der Waals surface area contributed by atoms with E-state index in [1.165, 1.54) is 60.8 Å². The minimum absolute atomic E-state index is 0.0155. The summed E-state index contributed by atoms with van der Waals surface area (Å²) in [7, 11) is 0. The minimum atomic E-state index is -0.0155. The molecule has 1 atom stereocenters. The highest BCUT2D eigenvalue weighted by atomic mass is 16.3. The lowest BCUT2D eigenvalue weighted by atomic mass is 9.78. The van der Waals surface area contributed by atoms with Crippen LogP contribution in [-0.4, -0.2) is 18.4 Å². The Morgan fingerprint density at radius 3 is 2.16 bits per heavy atom. The first-order valence-electron chi connectivity index (χ1n) is 16.8. The second-order valence-corrected chi connectivity index (χ2v) is 13.1. The number of hydrogen-bond acceptors (Lipinski definition) is 2. The van der Waals surface area contributed by atoms with E-state index < -0.39 is 0 Å². The molecule has 228 valence electrons. The van der Waals surface area contributed by atoms with Crippen molar-refractivity contribution in [3.63, 3.8) is 0 Å². The molecule has 0 saturated heterocycles. The molecule has 5 heterocycles. The summed E-state index contributed by atoms with van der Waals surface area (Å²) in [6.45, 7) is 0. The van der Waals surface area contributed by atoms with Gasteiger partial charge >= 0.3 is 0 Å². The Hall–Kier alpha value is -6.59. The number of benzene rings is 7. The van der Waals surface area contributed by atoms with Gasteiger partial charge in [0.15, 0.2) is 11.2 Å². The lowest BCUT2D eigenvalue weighted by molar-refractivity contribution is 0.656. The zero-order chi connectivity index (χ0) is 31.8. The van der Waals surface area contributed by atoms with Crippen LogP contribution < -0.4 is 0 Å². The van der Waals surface area contributed by atoms with Crippen molar-refractivity contribution >= 4 is 66.3 Å². The normalized spacial score (nSPS) is 14.3. The fourth-order valence-electron chi connectivity index (χ4n) is 8.81. The summed E-state index contributed by atoms with van der Waals surface area (Å²) in [5, 5.41) is 2.38. The van der Waals surface area contributed by atoms with Crippen molar-refractivity contribution in [2.75, 3.05) is 0 Å². The molecule has 0 bridgehead atoms. The average molecular weight is 627 g/mol. The van der Waals surface area contributed by atoms with Crippen LogP contribution in [0.1, 0.15) is 22.6 Å². The van der Waals surface area contributed by atoms with Gasteiger partial charge in [0.1, 0.15) is 0 Å². The smallest absolute Gasteiger partial charge is 0.220 e. The Morgan fingerprint density at radius 1 is 0.510 bits per heavy atom. The molecule has 1 aliphatic rings. The molecule has 5 heteroatoms. The summed E-state index contributed by atoms with van der Waals surface area (Å²) in [6.07, 6.45) is 0. The molecule has 0 amide bonds. The second-order valence-electron chi connectivity index (χ2n) is 13.1. The number of imidazole rings is 2. The van der Waals surface area contributed by atoms with Gasteiger partial charge in [-0.25, -0.2) is 4.98 Å². The van der Waals surface area contributed by atoms with Crippen molar-refractivity contribution in [1.82, 2.24) is 18.4 Å². The number of para-hydroxylation sites is 6. The van der Waals surface area contributed by atoms with Crippen LogP contribution in [0.2, 0.25) is 0 Å². The van der Waals surface area contributed by atoms with E-state index >= 15 is 0 Å².